The molecule has 0 saturated heterocycles. The van der Waals surface area contributed by atoms with Crippen LogP contribution in [0.1, 0.15) is 18.6 Å². The second kappa shape index (κ2) is 5.61. The SMILES string of the molecule is C.CNc1ccc(/C=C2\C(=O)Nc3ccccc32)cc1. The van der Waals surface area contributed by atoms with E-state index in [1.807, 2.05) is 61.7 Å². The lowest BCUT2D eigenvalue weighted by molar-refractivity contribution is -0.110. The van der Waals surface area contributed by atoms with Crippen LogP contribution in [0, 0.1) is 0 Å². The van der Waals surface area contributed by atoms with E-state index in [9.17, 15) is 4.79 Å². The van der Waals surface area contributed by atoms with E-state index in [2.05, 4.69) is 10.6 Å². The summed E-state index contributed by atoms with van der Waals surface area (Å²) in [7, 11) is 1.88. The average molecular weight is 266 g/mol. The number of nitrogens with one attached hydrogen (secondary N) is 2. The smallest absolute Gasteiger partial charge is 0.256 e. The zero-order chi connectivity index (χ0) is 13.2. The van der Waals surface area contributed by atoms with E-state index < -0.39 is 0 Å². The monoisotopic (exact) mass is 266 g/mol. The molecule has 2 aromatic carbocycles. The van der Waals surface area contributed by atoms with E-state index in [0.717, 1.165) is 22.5 Å². The van der Waals surface area contributed by atoms with Crippen molar-refractivity contribution in [2.75, 3.05) is 17.7 Å². The summed E-state index contributed by atoms with van der Waals surface area (Å²) in [5, 5.41) is 5.94. The summed E-state index contributed by atoms with van der Waals surface area (Å²) >= 11 is 0. The van der Waals surface area contributed by atoms with Gasteiger partial charge in [-0.05, 0) is 29.8 Å². The molecule has 1 aliphatic rings. The van der Waals surface area contributed by atoms with Crippen LogP contribution in [0.4, 0.5) is 11.4 Å². The molecule has 3 rings (SSSR count). The number of anilines is 2. The molecule has 3 nitrogen and oxygen atoms in total. The molecular weight excluding hydrogens is 248 g/mol. The lowest BCUT2D eigenvalue weighted by Crippen LogP contribution is -2.03. The second-order valence-corrected chi connectivity index (χ2v) is 4.43. The maximum absolute atomic E-state index is 12.0. The summed E-state index contributed by atoms with van der Waals surface area (Å²) in [6.07, 6.45) is 1.92. The van der Waals surface area contributed by atoms with Crippen LogP contribution in [-0.2, 0) is 4.79 Å². The van der Waals surface area contributed by atoms with Gasteiger partial charge < -0.3 is 10.6 Å². The molecule has 0 saturated carbocycles. The number of benzene rings is 2. The van der Waals surface area contributed by atoms with Crippen LogP contribution in [0.3, 0.4) is 0 Å². The molecule has 1 heterocycles. The van der Waals surface area contributed by atoms with E-state index >= 15 is 0 Å². The first-order chi connectivity index (χ1) is 9.28. The molecule has 2 N–H and O–H groups in total. The fourth-order valence-corrected chi connectivity index (χ4v) is 2.19. The largest absolute Gasteiger partial charge is 0.388 e. The van der Waals surface area contributed by atoms with Crippen molar-refractivity contribution in [3.05, 3.63) is 59.7 Å². The lowest BCUT2D eigenvalue weighted by atomic mass is 10.0. The summed E-state index contributed by atoms with van der Waals surface area (Å²) < 4.78 is 0. The zero-order valence-electron chi connectivity index (χ0n) is 10.6. The predicted octanol–water partition coefficient (Wildman–Crippen LogP) is 3.86. The molecule has 0 atom stereocenters. The van der Waals surface area contributed by atoms with E-state index in [1.165, 1.54) is 0 Å². The maximum Gasteiger partial charge on any atom is 0.256 e. The Morgan fingerprint density at radius 1 is 1.05 bits per heavy atom. The summed E-state index contributed by atoms with van der Waals surface area (Å²) in [6, 6.07) is 15.7. The molecule has 0 aliphatic carbocycles. The highest BCUT2D eigenvalue weighted by molar-refractivity contribution is 6.34. The van der Waals surface area contributed by atoms with Gasteiger partial charge in [-0.1, -0.05) is 37.8 Å². The van der Waals surface area contributed by atoms with Crippen LogP contribution in [-0.4, -0.2) is 13.0 Å². The Kier molecular flexibility index (Phi) is 3.89. The topological polar surface area (TPSA) is 41.1 Å². The van der Waals surface area contributed by atoms with Crippen molar-refractivity contribution in [1.82, 2.24) is 0 Å². The van der Waals surface area contributed by atoms with E-state index in [1.54, 1.807) is 0 Å². The Balaban J connectivity index is 0.00000147. The van der Waals surface area contributed by atoms with Gasteiger partial charge in [0, 0.05) is 29.6 Å². The number of hydrogen-bond acceptors (Lipinski definition) is 2. The van der Waals surface area contributed by atoms with Crippen LogP contribution in [0.2, 0.25) is 0 Å². The molecule has 1 amide bonds. The number of amides is 1. The molecule has 1 aliphatic heterocycles. The molecule has 0 bridgehead atoms. The van der Waals surface area contributed by atoms with Crippen molar-refractivity contribution in [1.29, 1.82) is 0 Å². The van der Waals surface area contributed by atoms with Crippen LogP contribution in [0.5, 0.6) is 0 Å². The molecule has 0 aromatic heterocycles. The number of hydrogen-bond donors (Lipinski definition) is 2. The highest BCUT2D eigenvalue weighted by Crippen LogP contribution is 2.32. The van der Waals surface area contributed by atoms with Crippen molar-refractivity contribution < 1.29 is 4.79 Å². The fraction of sp³-hybridized carbons (Fsp3) is 0.118. The third-order valence-electron chi connectivity index (χ3n) is 3.22. The van der Waals surface area contributed by atoms with Crippen molar-refractivity contribution in [3.63, 3.8) is 0 Å². The van der Waals surface area contributed by atoms with Gasteiger partial charge in [0.25, 0.3) is 5.91 Å². The third kappa shape index (κ3) is 2.43. The van der Waals surface area contributed by atoms with Gasteiger partial charge >= 0.3 is 0 Å². The van der Waals surface area contributed by atoms with E-state index in [4.69, 9.17) is 0 Å². The van der Waals surface area contributed by atoms with Crippen molar-refractivity contribution in [2.45, 2.75) is 7.43 Å². The third-order valence-corrected chi connectivity index (χ3v) is 3.22. The van der Waals surface area contributed by atoms with Crippen LogP contribution < -0.4 is 10.6 Å². The van der Waals surface area contributed by atoms with Crippen molar-refractivity contribution in [3.8, 4) is 0 Å². The first kappa shape index (κ1) is 13.9. The molecule has 102 valence electrons. The average Bonchev–Trinajstić information content (AvgIpc) is 2.76. The summed E-state index contributed by atoms with van der Waals surface area (Å²) in [5.74, 6) is -0.0427. The molecule has 0 unspecified atom stereocenters. The summed E-state index contributed by atoms with van der Waals surface area (Å²) in [6.45, 7) is 0. The Morgan fingerprint density at radius 2 is 1.75 bits per heavy atom. The second-order valence-electron chi connectivity index (χ2n) is 4.43. The van der Waals surface area contributed by atoms with Gasteiger partial charge in [-0.25, -0.2) is 0 Å². The zero-order valence-corrected chi connectivity index (χ0v) is 10.6. The van der Waals surface area contributed by atoms with Gasteiger partial charge in [-0.15, -0.1) is 0 Å². The lowest BCUT2D eigenvalue weighted by Gasteiger charge is -2.01. The van der Waals surface area contributed by atoms with Gasteiger partial charge in [0.1, 0.15) is 0 Å². The Hall–Kier alpha value is -2.55. The number of fused-ring (bicyclic) bond motifs is 1. The Bertz CT molecular complexity index is 657. The van der Waals surface area contributed by atoms with Gasteiger partial charge in [-0.2, -0.15) is 0 Å². The molecule has 3 heteroatoms. The summed E-state index contributed by atoms with van der Waals surface area (Å²) in [5.41, 5.74) is 4.63. The first-order valence-electron chi connectivity index (χ1n) is 6.18. The summed E-state index contributed by atoms with van der Waals surface area (Å²) in [4.78, 5) is 12.0. The van der Waals surface area contributed by atoms with Crippen molar-refractivity contribution in [2.24, 2.45) is 0 Å². The van der Waals surface area contributed by atoms with Gasteiger partial charge in [0.15, 0.2) is 0 Å². The molecule has 0 fully saturated rings. The maximum atomic E-state index is 12.0. The number of carbonyl (C=O) groups excluding carboxylic acids is 1. The normalized spacial score (nSPS) is 14.4. The van der Waals surface area contributed by atoms with Crippen LogP contribution in [0.15, 0.2) is 48.5 Å². The quantitative estimate of drug-likeness (QED) is 0.810. The fourth-order valence-electron chi connectivity index (χ4n) is 2.19. The van der Waals surface area contributed by atoms with Gasteiger partial charge in [0.2, 0.25) is 0 Å². The molecular formula is C17H18N2O. The Labute approximate surface area is 119 Å². The molecule has 0 radical (unpaired) electrons. The molecule has 2 aromatic rings. The van der Waals surface area contributed by atoms with E-state index in [0.29, 0.717) is 5.57 Å². The first-order valence-corrected chi connectivity index (χ1v) is 6.18. The minimum Gasteiger partial charge on any atom is -0.388 e. The number of rotatable bonds is 2. The van der Waals surface area contributed by atoms with Crippen molar-refractivity contribution >= 4 is 28.9 Å². The highest BCUT2D eigenvalue weighted by Gasteiger charge is 2.22. The standard InChI is InChI=1S/C16H14N2O.CH4/c1-17-12-8-6-11(7-9-12)10-14-13-4-2-3-5-15(13)18-16(14)19;/h2-10,17H,1H3,(H,18,19);1H4/b14-10-;. The minimum atomic E-state index is -0.0427. The minimum absolute atomic E-state index is 0. The number of para-hydroxylation sites is 1. The van der Waals surface area contributed by atoms with Gasteiger partial charge in [-0.3, -0.25) is 4.79 Å². The Morgan fingerprint density at radius 3 is 2.45 bits per heavy atom. The number of carbonyl (C=O) groups is 1. The molecule has 0 spiro atoms. The van der Waals surface area contributed by atoms with Gasteiger partial charge in [0.05, 0.1) is 0 Å². The molecule has 20 heavy (non-hydrogen) atoms. The van der Waals surface area contributed by atoms with Crippen LogP contribution in [0.25, 0.3) is 11.6 Å². The van der Waals surface area contributed by atoms with Crippen LogP contribution >= 0.6 is 0 Å². The van der Waals surface area contributed by atoms with E-state index in [-0.39, 0.29) is 13.3 Å². The predicted molar refractivity (Wildman–Crippen MR) is 85.7 cm³/mol. The highest BCUT2D eigenvalue weighted by atomic mass is 16.2.